The van der Waals surface area contributed by atoms with Crippen LogP contribution in [0, 0.1) is 0 Å². The quantitative estimate of drug-likeness (QED) is 0.630. The molecule has 3 heteroatoms. The minimum atomic E-state index is -0.142. The van der Waals surface area contributed by atoms with E-state index < -0.39 is 0 Å². The molecular weight excluding hydrogens is 358 g/mol. The van der Waals surface area contributed by atoms with E-state index in [1.165, 1.54) is 27.8 Å². The maximum atomic E-state index is 13.2. The normalized spacial score (nSPS) is 20.0. The number of methoxy groups -OCH3 is 1. The van der Waals surface area contributed by atoms with Gasteiger partial charge in [-0.25, -0.2) is 0 Å². The van der Waals surface area contributed by atoms with E-state index in [1.807, 2.05) is 18.3 Å². The number of hydrogen-bond acceptors (Lipinski definition) is 3. The first-order chi connectivity index (χ1) is 14.2. The lowest BCUT2D eigenvalue weighted by molar-refractivity contribution is -0.121. The van der Waals surface area contributed by atoms with Crippen LogP contribution in [0.15, 0.2) is 72.6 Å². The van der Waals surface area contributed by atoms with Crippen LogP contribution in [0.5, 0.6) is 5.75 Å². The smallest absolute Gasteiger partial charge is 0.141 e. The predicted octanol–water partition coefficient (Wildman–Crippen LogP) is 5.11. The number of allylic oxidation sites excluding steroid dienone is 1. The van der Waals surface area contributed by atoms with Crippen molar-refractivity contribution in [1.29, 1.82) is 0 Å². The standard InChI is InChI=1S/C26H23NO2/c1-29-21-9-10-23-19(15-21)8-11-24(28)26(23)25-20(13-17-5-4-12-27-16-17)14-18-6-2-3-7-22(18)25/h2-7,9-10,12,14-16,25-26H,8,11,13H2,1H3. The fourth-order valence-corrected chi connectivity index (χ4v) is 4.89. The van der Waals surface area contributed by atoms with Gasteiger partial charge in [-0.15, -0.1) is 0 Å². The summed E-state index contributed by atoms with van der Waals surface area (Å²) in [6, 6.07) is 18.7. The summed E-state index contributed by atoms with van der Waals surface area (Å²) in [4.78, 5) is 17.5. The zero-order valence-electron chi connectivity index (χ0n) is 16.5. The molecule has 2 aliphatic carbocycles. The van der Waals surface area contributed by atoms with Gasteiger partial charge in [-0.3, -0.25) is 9.78 Å². The lowest BCUT2D eigenvalue weighted by atomic mass is 9.70. The number of carbonyl (C=O) groups is 1. The summed E-state index contributed by atoms with van der Waals surface area (Å²) in [7, 11) is 1.69. The first-order valence-electron chi connectivity index (χ1n) is 10.1. The summed E-state index contributed by atoms with van der Waals surface area (Å²) in [5, 5.41) is 0. The van der Waals surface area contributed by atoms with E-state index >= 15 is 0 Å². The molecule has 3 nitrogen and oxygen atoms in total. The second-order valence-corrected chi connectivity index (χ2v) is 7.87. The Balaban J connectivity index is 1.61. The van der Waals surface area contributed by atoms with Gasteiger partial charge in [0.25, 0.3) is 0 Å². The molecule has 0 fully saturated rings. The molecule has 2 aliphatic rings. The third kappa shape index (κ3) is 3.17. The van der Waals surface area contributed by atoms with Gasteiger partial charge in [0.2, 0.25) is 0 Å². The molecule has 1 aromatic heterocycles. The number of carbonyl (C=O) groups excluding carboxylic acids is 1. The minimum Gasteiger partial charge on any atom is -0.497 e. The summed E-state index contributed by atoms with van der Waals surface area (Å²) in [6.45, 7) is 0. The summed E-state index contributed by atoms with van der Waals surface area (Å²) >= 11 is 0. The first-order valence-corrected chi connectivity index (χ1v) is 10.1. The van der Waals surface area contributed by atoms with Crippen molar-refractivity contribution in [3.05, 3.63) is 100 Å². The molecule has 3 aromatic rings. The number of Topliss-reactive ketones (excluding diaryl/α,β-unsaturated/α-hetero) is 1. The van der Waals surface area contributed by atoms with Gasteiger partial charge >= 0.3 is 0 Å². The second kappa shape index (κ2) is 7.32. The van der Waals surface area contributed by atoms with Crippen molar-refractivity contribution < 1.29 is 9.53 Å². The van der Waals surface area contributed by atoms with Crippen molar-refractivity contribution in [2.75, 3.05) is 7.11 Å². The summed E-state index contributed by atoms with van der Waals surface area (Å²) in [6.07, 6.45) is 8.18. The molecule has 0 spiro atoms. The van der Waals surface area contributed by atoms with Crippen molar-refractivity contribution >= 4 is 11.9 Å². The van der Waals surface area contributed by atoms with Crippen molar-refractivity contribution in [3.63, 3.8) is 0 Å². The van der Waals surface area contributed by atoms with Crippen molar-refractivity contribution in [2.45, 2.75) is 31.1 Å². The molecule has 0 N–H and O–H groups in total. The Hall–Kier alpha value is -3.20. The monoisotopic (exact) mass is 381 g/mol. The van der Waals surface area contributed by atoms with E-state index in [0.29, 0.717) is 12.2 Å². The zero-order chi connectivity index (χ0) is 19.8. The van der Waals surface area contributed by atoms with E-state index in [4.69, 9.17) is 4.74 Å². The SMILES string of the molecule is COc1ccc2c(c1)CCC(=O)C2C1C(Cc2cccnc2)=Cc2ccccc21. The molecule has 0 saturated heterocycles. The van der Waals surface area contributed by atoms with Crippen LogP contribution in [0.2, 0.25) is 0 Å². The molecular formula is C26H23NO2. The largest absolute Gasteiger partial charge is 0.497 e. The molecule has 2 unspecified atom stereocenters. The highest BCUT2D eigenvalue weighted by molar-refractivity contribution is 5.91. The molecule has 0 radical (unpaired) electrons. The summed E-state index contributed by atoms with van der Waals surface area (Å²) in [5.74, 6) is 1.12. The van der Waals surface area contributed by atoms with Crippen LogP contribution < -0.4 is 4.74 Å². The number of ketones is 1. The predicted molar refractivity (Wildman–Crippen MR) is 114 cm³/mol. The van der Waals surface area contributed by atoms with Crippen LogP contribution >= 0.6 is 0 Å². The van der Waals surface area contributed by atoms with Gasteiger partial charge in [0.15, 0.2) is 0 Å². The highest BCUT2D eigenvalue weighted by atomic mass is 16.5. The number of rotatable bonds is 4. The van der Waals surface area contributed by atoms with Crippen LogP contribution in [0.3, 0.4) is 0 Å². The molecule has 144 valence electrons. The molecule has 1 heterocycles. The molecule has 0 bridgehead atoms. The highest BCUT2D eigenvalue weighted by Gasteiger charge is 2.39. The number of benzene rings is 2. The number of nitrogens with zero attached hydrogens (tertiary/aromatic N) is 1. The highest BCUT2D eigenvalue weighted by Crippen LogP contribution is 2.49. The van der Waals surface area contributed by atoms with Crippen molar-refractivity contribution in [1.82, 2.24) is 4.98 Å². The van der Waals surface area contributed by atoms with Crippen LogP contribution in [0.25, 0.3) is 6.08 Å². The second-order valence-electron chi connectivity index (χ2n) is 7.87. The third-order valence-corrected chi connectivity index (χ3v) is 6.21. The van der Waals surface area contributed by atoms with E-state index in [0.717, 1.165) is 24.2 Å². The Bertz CT molecular complexity index is 1100. The summed E-state index contributed by atoms with van der Waals surface area (Å²) < 4.78 is 5.42. The van der Waals surface area contributed by atoms with E-state index in [-0.39, 0.29) is 11.8 Å². The Morgan fingerprint density at radius 2 is 1.90 bits per heavy atom. The number of aryl methyl sites for hydroxylation is 1. The van der Waals surface area contributed by atoms with Gasteiger partial charge in [-0.1, -0.05) is 48.0 Å². The number of aromatic nitrogens is 1. The van der Waals surface area contributed by atoms with Gasteiger partial charge in [0.1, 0.15) is 11.5 Å². The molecule has 2 atom stereocenters. The number of pyridine rings is 1. The number of hydrogen-bond donors (Lipinski definition) is 0. The van der Waals surface area contributed by atoms with Crippen molar-refractivity contribution in [2.24, 2.45) is 0 Å². The van der Waals surface area contributed by atoms with Gasteiger partial charge in [-0.2, -0.15) is 0 Å². The van der Waals surface area contributed by atoms with E-state index in [2.05, 4.69) is 53.5 Å². The fraction of sp³-hybridized carbons (Fsp3) is 0.231. The first kappa shape index (κ1) is 17.9. The zero-order valence-corrected chi connectivity index (χ0v) is 16.5. The Kier molecular flexibility index (Phi) is 4.51. The Morgan fingerprint density at radius 1 is 1.00 bits per heavy atom. The van der Waals surface area contributed by atoms with Gasteiger partial charge in [-0.05, 0) is 58.9 Å². The maximum absolute atomic E-state index is 13.2. The Labute approximate surface area is 171 Å². The molecule has 29 heavy (non-hydrogen) atoms. The summed E-state index contributed by atoms with van der Waals surface area (Å²) in [5.41, 5.74) is 7.34. The topological polar surface area (TPSA) is 39.2 Å². The van der Waals surface area contributed by atoms with Crippen LogP contribution in [0.1, 0.15) is 46.1 Å². The molecule has 0 amide bonds. The third-order valence-electron chi connectivity index (χ3n) is 6.21. The molecule has 5 rings (SSSR count). The molecule has 0 aliphatic heterocycles. The average molecular weight is 381 g/mol. The van der Waals surface area contributed by atoms with Crippen molar-refractivity contribution in [3.8, 4) is 5.75 Å². The van der Waals surface area contributed by atoms with E-state index in [1.54, 1.807) is 13.3 Å². The lowest BCUT2D eigenvalue weighted by Gasteiger charge is -2.32. The average Bonchev–Trinajstić information content (AvgIpc) is 3.11. The molecule has 2 aromatic carbocycles. The van der Waals surface area contributed by atoms with Crippen LogP contribution in [0.4, 0.5) is 0 Å². The Morgan fingerprint density at radius 3 is 2.72 bits per heavy atom. The molecule has 0 saturated carbocycles. The van der Waals surface area contributed by atoms with E-state index in [9.17, 15) is 4.79 Å². The van der Waals surface area contributed by atoms with Crippen LogP contribution in [-0.4, -0.2) is 17.9 Å². The van der Waals surface area contributed by atoms with Crippen LogP contribution in [-0.2, 0) is 17.6 Å². The lowest BCUT2D eigenvalue weighted by Crippen LogP contribution is -2.27. The maximum Gasteiger partial charge on any atom is 0.141 e. The fourth-order valence-electron chi connectivity index (χ4n) is 4.89. The van der Waals surface area contributed by atoms with Gasteiger partial charge in [0.05, 0.1) is 13.0 Å². The van der Waals surface area contributed by atoms with Gasteiger partial charge < -0.3 is 4.74 Å². The van der Waals surface area contributed by atoms with Gasteiger partial charge in [0, 0.05) is 24.7 Å². The number of ether oxygens (including phenoxy) is 1. The minimum absolute atomic E-state index is 0.0753. The number of fused-ring (bicyclic) bond motifs is 2.